The molecular weight excluding hydrogens is 370 g/mol. The highest BCUT2D eigenvalue weighted by molar-refractivity contribution is 7.12. The molecule has 5 heteroatoms. The first-order chi connectivity index (χ1) is 13.7. The summed E-state index contributed by atoms with van der Waals surface area (Å²) < 4.78 is 5.62. The molecule has 3 aromatic rings. The van der Waals surface area contributed by atoms with Gasteiger partial charge in [0.05, 0.1) is 6.04 Å². The quantitative estimate of drug-likeness (QED) is 0.618. The Morgan fingerprint density at radius 3 is 2.29 bits per heavy atom. The van der Waals surface area contributed by atoms with Crippen molar-refractivity contribution >= 4 is 17.4 Å². The SMILES string of the molecule is Cc1ccc(C(CCO)NC(=O)OCC2c3ccccc3-c3ccccc32)s1. The minimum Gasteiger partial charge on any atom is -0.449 e. The van der Waals surface area contributed by atoms with E-state index in [9.17, 15) is 9.90 Å². The van der Waals surface area contributed by atoms with E-state index in [4.69, 9.17) is 4.74 Å². The summed E-state index contributed by atoms with van der Waals surface area (Å²) in [6.07, 6.45) is 0.0100. The number of aryl methyl sites for hydroxylation is 1. The molecule has 4 rings (SSSR count). The smallest absolute Gasteiger partial charge is 0.407 e. The number of hydrogen-bond acceptors (Lipinski definition) is 4. The second-order valence-corrected chi connectivity index (χ2v) is 8.30. The highest BCUT2D eigenvalue weighted by Crippen LogP contribution is 2.44. The van der Waals surface area contributed by atoms with Gasteiger partial charge >= 0.3 is 6.09 Å². The Morgan fingerprint density at radius 2 is 1.71 bits per heavy atom. The van der Waals surface area contributed by atoms with Gasteiger partial charge in [0.15, 0.2) is 0 Å². The molecular formula is C23H23NO3S. The second kappa shape index (κ2) is 8.17. The van der Waals surface area contributed by atoms with Gasteiger partial charge in [-0.2, -0.15) is 0 Å². The van der Waals surface area contributed by atoms with E-state index in [-0.39, 0.29) is 25.2 Å². The summed E-state index contributed by atoms with van der Waals surface area (Å²) in [4.78, 5) is 14.7. The fourth-order valence-electron chi connectivity index (χ4n) is 3.84. The number of fused-ring (bicyclic) bond motifs is 3. The largest absolute Gasteiger partial charge is 0.449 e. The number of benzene rings is 2. The number of amides is 1. The van der Waals surface area contributed by atoms with Crippen LogP contribution in [0, 0.1) is 6.92 Å². The number of carbonyl (C=O) groups is 1. The lowest BCUT2D eigenvalue weighted by Crippen LogP contribution is -2.30. The average Bonchev–Trinajstić information content (AvgIpc) is 3.28. The van der Waals surface area contributed by atoms with Gasteiger partial charge in [-0.1, -0.05) is 48.5 Å². The Bertz CT molecular complexity index is 936. The average molecular weight is 394 g/mol. The fourth-order valence-corrected chi connectivity index (χ4v) is 4.80. The molecule has 28 heavy (non-hydrogen) atoms. The molecule has 0 bridgehead atoms. The molecule has 0 radical (unpaired) electrons. The topological polar surface area (TPSA) is 58.6 Å². The third kappa shape index (κ3) is 3.68. The number of aliphatic hydroxyl groups excluding tert-OH is 1. The highest BCUT2D eigenvalue weighted by atomic mass is 32.1. The van der Waals surface area contributed by atoms with Crippen molar-refractivity contribution in [3.05, 3.63) is 81.5 Å². The predicted octanol–water partition coefficient (Wildman–Crippen LogP) is 5.02. The van der Waals surface area contributed by atoms with Crippen molar-refractivity contribution in [2.75, 3.05) is 13.2 Å². The number of thiophene rings is 1. The maximum absolute atomic E-state index is 12.5. The summed E-state index contributed by atoms with van der Waals surface area (Å²) in [5.74, 6) is 0.0402. The number of hydrogen-bond donors (Lipinski definition) is 2. The van der Waals surface area contributed by atoms with Crippen LogP contribution in [-0.2, 0) is 4.74 Å². The van der Waals surface area contributed by atoms with Crippen LogP contribution in [-0.4, -0.2) is 24.4 Å². The maximum atomic E-state index is 12.5. The van der Waals surface area contributed by atoms with Gasteiger partial charge in [0.25, 0.3) is 0 Å². The number of rotatable bonds is 6. The first-order valence-corrected chi connectivity index (χ1v) is 10.3. The molecule has 0 fully saturated rings. The van der Waals surface area contributed by atoms with E-state index < -0.39 is 6.09 Å². The van der Waals surface area contributed by atoms with Gasteiger partial charge in [-0.25, -0.2) is 4.79 Å². The molecule has 1 amide bonds. The number of nitrogens with one attached hydrogen (secondary N) is 1. The molecule has 1 heterocycles. The summed E-state index contributed by atoms with van der Waals surface area (Å²) in [7, 11) is 0. The van der Waals surface area contributed by atoms with Gasteiger partial charge in [0.2, 0.25) is 0 Å². The van der Waals surface area contributed by atoms with Crippen molar-refractivity contribution in [1.82, 2.24) is 5.32 Å². The third-order valence-corrected chi connectivity index (χ3v) is 6.27. The zero-order chi connectivity index (χ0) is 19.5. The van der Waals surface area contributed by atoms with E-state index in [0.29, 0.717) is 6.42 Å². The lowest BCUT2D eigenvalue weighted by atomic mass is 9.98. The van der Waals surface area contributed by atoms with Gasteiger partial charge in [0.1, 0.15) is 6.61 Å². The fraction of sp³-hybridized carbons (Fsp3) is 0.261. The molecule has 0 aliphatic heterocycles. The number of carbonyl (C=O) groups excluding carboxylic acids is 1. The summed E-state index contributed by atoms with van der Waals surface area (Å²) in [6.45, 7) is 2.32. The van der Waals surface area contributed by atoms with Crippen LogP contribution in [0.1, 0.15) is 39.3 Å². The standard InChI is InChI=1S/C23H23NO3S/c1-15-10-11-22(28-15)21(12-13-25)24-23(26)27-14-20-18-8-4-2-6-16(18)17-7-3-5-9-19(17)20/h2-11,20-21,25H,12-14H2,1H3,(H,24,26). The third-order valence-electron chi connectivity index (χ3n) is 5.16. The molecule has 1 aliphatic rings. The van der Waals surface area contributed by atoms with E-state index in [1.807, 2.05) is 43.3 Å². The van der Waals surface area contributed by atoms with Crippen molar-refractivity contribution in [2.24, 2.45) is 0 Å². The Hall–Kier alpha value is -2.63. The van der Waals surface area contributed by atoms with Crippen molar-refractivity contribution in [3.63, 3.8) is 0 Å². The van der Waals surface area contributed by atoms with Crippen molar-refractivity contribution in [3.8, 4) is 11.1 Å². The minimum atomic E-state index is -0.452. The van der Waals surface area contributed by atoms with Crippen LogP contribution in [0.5, 0.6) is 0 Å². The number of aliphatic hydroxyl groups is 1. The molecule has 2 aromatic carbocycles. The van der Waals surface area contributed by atoms with Gasteiger partial charge in [-0.3, -0.25) is 0 Å². The van der Waals surface area contributed by atoms with Gasteiger partial charge in [-0.15, -0.1) is 11.3 Å². The molecule has 0 saturated carbocycles. The van der Waals surface area contributed by atoms with Crippen LogP contribution >= 0.6 is 11.3 Å². The first kappa shape index (κ1) is 18.7. The second-order valence-electron chi connectivity index (χ2n) is 6.98. The Labute approximate surface area is 168 Å². The molecule has 1 atom stereocenters. The summed E-state index contributed by atoms with van der Waals surface area (Å²) in [6, 6.07) is 20.3. The number of alkyl carbamates (subject to hydrolysis) is 1. The number of ether oxygens (including phenoxy) is 1. The van der Waals surface area contributed by atoms with Crippen LogP contribution in [0.4, 0.5) is 4.79 Å². The van der Waals surface area contributed by atoms with Crippen molar-refractivity contribution < 1.29 is 14.6 Å². The predicted molar refractivity (Wildman–Crippen MR) is 112 cm³/mol. The lowest BCUT2D eigenvalue weighted by Gasteiger charge is -2.18. The van der Waals surface area contributed by atoms with Gasteiger partial charge in [-0.05, 0) is 47.7 Å². The molecule has 0 spiro atoms. The van der Waals surface area contributed by atoms with E-state index in [0.717, 1.165) is 4.88 Å². The zero-order valence-corrected chi connectivity index (χ0v) is 16.5. The summed E-state index contributed by atoms with van der Waals surface area (Å²) in [5, 5.41) is 12.3. The molecule has 144 valence electrons. The van der Waals surface area contributed by atoms with Crippen LogP contribution in [0.2, 0.25) is 0 Å². The van der Waals surface area contributed by atoms with E-state index in [1.165, 1.54) is 27.1 Å². The molecule has 4 nitrogen and oxygen atoms in total. The normalized spacial score (nSPS) is 13.6. The molecule has 1 aromatic heterocycles. The molecule has 0 saturated heterocycles. The maximum Gasteiger partial charge on any atom is 0.407 e. The Kier molecular flexibility index (Phi) is 5.46. The monoisotopic (exact) mass is 393 g/mol. The van der Waals surface area contributed by atoms with Crippen molar-refractivity contribution in [2.45, 2.75) is 25.3 Å². The van der Waals surface area contributed by atoms with Crippen molar-refractivity contribution in [1.29, 1.82) is 0 Å². The van der Waals surface area contributed by atoms with Crippen LogP contribution < -0.4 is 5.32 Å². The van der Waals surface area contributed by atoms with Gasteiger partial charge < -0.3 is 15.2 Å². The lowest BCUT2D eigenvalue weighted by molar-refractivity contribution is 0.137. The van der Waals surface area contributed by atoms with E-state index >= 15 is 0 Å². The molecule has 2 N–H and O–H groups in total. The molecule has 1 aliphatic carbocycles. The van der Waals surface area contributed by atoms with Gasteiger partial charge in [0, 0.05) is 22.3 Å². The molecule has 1 unspecified atom stereocenters. The minimum absolute atomic E-state index is 0.00523. The summed E-state index contributed by atoms with van der Waals surface area (Å²) in [5.41, 5.74) is 4.80. The van der Waals surface area contributed by atoms with E-state index in [1.54, 1.807) is 11.3 Å². The van der Waals surface area contributed by atoms with Crippen LogP contribution in [0.15, 0.2) is 60.7 Å². The van der Waals surface area contributed by atoms with Crippen LogP contribution in [0.3, 0.4) is 0 Å². The van der Waals surface area contributed by atoms with Crippen LogP contribution in [0.25, 0.3) is 11.1 Å². The first-order valence-electron chi connectivity index (χ1n) is 9.46. The Morgan fingerprint density at radius 1 is 1.07 bits per heavy atom. The Balaban J connectivity index is 1.46. The van der Waals surface area contributed by atoms with E-state index in [2.05, 4.69) is 29.6 Å². The zero-order valence-electron chi connectivity index (χ0n) is 15.7. The highest BCUT2D eigenvalue weighted by Gasteiger charge is 2.29. The summed E-state index contributed by atoms with van der Waals surface area (Å²) >= 11 is 1.62.